The normalized spacial score (nSPS) is 11.6. The highest BCUT2D eigenvalue weighted by atomic mass is 79.9. The van der Waals surface area contributed by atoms with Gasteiger partial charge in [0.25, 0.3) is 10.0 Å². The van der Waals surface area contributed by atoms with E-state index in [0.29, 0.717) is 5.82 Å². The van der Waals surface area contributed by atoms with E-state index in [0.717, 1.165) is 26.7 Å². The second kappa shape index (κ2) is 4.40. The number of hydrogen-bond acceptors (Lipinski definition) is 6. The average molecular weight is 340 g/mol. The number of halogens is 1. The van der Waals surface area contributed by atoms with Gasteiger partial charge in [0.2, 0.25) is 5.13 Å². The number of rotatable bonds is 3. The maximum atomic E-state index is 11.8. The number of sulfonamides is 1. The molecule has 16 heavy (non-hydrogen) atoms. The molecule has 0 unspecified atom stereocenters. The zero-order valence-electron chi connectivity index (χ0n) is 7.97. The minimum Gasteiger partial charge on any atom is -0.253 e. The molecule has 86 valence electrons. The molecule has 2 aromatic rings. The third-order valence-corrected chi connectivity index (χ3v) is 5.87. The van der Waals surface area contributed by atoms with Gasteiger partial charge in [0.1, 0.15) is 10.0 Å². The molecule has 2 rings (SSSR count). The van der Waals surface area contributed by atoms with Crippen molar-refractivity contribution in [2.24, 2.45) is 0 Å². The van der Waals surface area contributed by atoms with Crippen molar-refractivity contribution in [3.8, 4) is 0 Å². The molecule has 0 fully saturated rings. The predicted octanol–water partition coefficient (Wildman–Crippen LogP) is 2.47. The standard InChI is InChI=1S/C7H6BrN3O2S3/c1-4-9-7(15-10-4)11-16(12,13)6-3-2-5(8)14-6/h2-3H,1H3,(H,9,10,11). The van der Waals surface area contributed by atoms with Crippen LogP contribution in [0.25, 0.3) is 0 Å². The van der Waals surface area contributed by atoms with E-state index in [2.05, 4.69) is 30.0 Å². The van der Waals surface area contributed by atoms with Crippen molar-refractivity contribution < 1.29 is 8.42 Å². The first-order valence-electron chi connectivity index (χ1n) is 4.06. The second-order valence-electron chi connectivity index (χ2n) is 2.81. The predicted molar refractivity (Wildman–Crippen MR) is 67.5 cm³/mol. The van der Waals surface area contributed by atoms with E-state index in [1.165, 1.54) is 6.07 Å². The molecule has 0 radical (unpaired) electrons. The molecule has 0 aliphatic carbocycles. The zero-order valence-corrected chi connectivity index (χ0v) is 12.0. The van der Waals surface area contributed by atoms with Crippen LogP contribution in [0.4, 0.5) is 5.13 Å². The molecule has 0 aromatic carbocycles. The Kier molecular flexibility index (Phi) is 3.29. The Balaban J connectivity index is 2.27. The van der Waals surface area contributed by atoms with Crippen LogP contribution >= 0.6 is 38.8 Å². The minimum absolute atomic E-state index is 0.243. The highest BCUT2D eigenvalue weighted by molar-refractivity contribution is 9.11. The highest BCUT2D eigenvalue weighted by Crippen LogP contribution is 2.27. The summed E-state index contributed by atoms with van der Waals surface area (Å²) < 4.78 is 31.0. The molecule has 2 aromatic heterocycles. The van der Waals surface area contributed by atoms with Gasteiger partial charge in [-0.3, -0.25) is 4.72 Å². The summed E-state index contributed by atoms with van der Waals surface area (Å²) in [5.74, 6) is 0.551. The van der Waals surface area contributed by atoms with Crippen molar-refractivity contribution in [2.45, 2.75) is 11.1 Å². The van der Waals surface area contributed by atoms with Crippen LogP contribution in [0.3, 0.4) is 0 Å². The molecule has 0 atom stereocenters. The van der Waals surface area contributed by atoms with Gasteiger partial charge in [-0.15, -0.1) is 11.3 Å². The van der Waals surface area contributed by atoms with Gasteiger partial charge < -0.3 is 0 Å². The zero-order chi connectivity index (χ0) is 11.8. The summed E-state index contributed by atoms with van der Waals surface area (Å²) in [5, 5.41) is 0.280. The Morgan fingerprint density at radius 3 is 2.69 bits per heavy atom. The number of aryl methyl sites for hydroxylation is 1. The van der Waals surface area contributed by atoms with E-state index in [-0.39, 0.29) is 9.34 Å². The first-order valence-corrected chi connectivity index (χ1v) is 7.92. The molecule has 0 aliphatic heterocycles. The first-order chi connectivity index (χ1) is 7.47. The van der Waals surface area contributed by atoms with Crippen molar-refractivity contribution in [1.82, 2.24) is 9.36 Å². The Morgan fingerprint density at radius 2 is 2.19 bits per heavy atom. The van der Waals surface area contributed by atoms with E-state index in [1.807, 2.05) is 0 Å². The van der Waals surface area contributed by atoms with Crippen molar-refractivity contribution in [3.05, 3.63) is 21.7 Å². The van der Waals surface area contributed by atoms with Crippen LogP contribution < -0.4 is 4.72 Å². The van der Waals surface area contributed by atoms with Gasteiger partial charge >= 0.3 is 0 Å². The van der Waals surface area contributed by atoms with E-state index in [4.69, 9.17) is 0 Å². The van der Waals surface area contributed by atoms with Gasteiger partial charge in [0.15, 0.2) is 0 Å². The summed E-state index contributed by atoms with van der Waals surface area (Å²) in [7, 11) is -3.53. The fourth-order valence-electron chi connectivity index (χ4n) is 0.946. The third-order valence-electron chi connectivity index (χ3n) is 1.56. The largest absolute Gasteiger partial charge is 0.273 e. The third kappa shape index (κ3) is 2.59. The fourth-order valence-corrected chi connectivity index (χ4v) is 4.75. The van der Waals surface area contributed by atoms with Crippen LogP contribution in [0.5, 0.6) is 0 Å². The van der Waals surface area contributed by atoms with Crippen molar-refractivity contribution in [3.63, 3.8) is 0 Å². The SMILES string of the molecule is Cc1nsc(NS(=O)(=O)c2ccc(Br)s2)n1. The van der Waals surface area contributed by atoms with E-state index in [9.17, 15) is 8.42 Å². The number of nitrogens with zero attached hydrogens (tertiary/aromatic N) is 2. The lowest BCUT2D eigenvalue weighted by Crippen LogP contribution is -2.11. The number of aromatic nitrogens is 2. The second-order valence-corrected chi connectivity index (χ2v) is 7.93. The van der Waals surface area contributed by atoms with E-state index < -0.39 is 10.0 Å². The topological polar surface area (TPSA) is 72.0 Å². The van der Waals surface area contributed by atoms with Crippen LogP contribution in [-0.4, -0.2) is 17.8 Å². The van der Waals surface area contributed by atoms with Gasteiger partial charge in [-0.1, -0.05) is 0 Å². The molecule has 5 nitrogen and oxygen atoms in total. The van der Waals surface area contributed by atoms with Gasteiger partial charge in [0, 0.05) is 11.5 Å². The summed E-state index contributed by atoms with van der Waals surface area (Å²) in [6.45, 7) is 1.70. The molecule has 0 spiro atoms. The molecule has 0 amide bonds. The van der Waals surface area contributed by atoms with Gasteiger partial charge in [-0.25, -0.2) is 13.4 Å². The first kappa shape index (κ1) is 12.0. The monoisotopic (exact) mass is 339 g/mol. The number of hydrogen-bond donors (Lipinski definition) is 1. The molecule has 0 bridgehead atoms. The molecule has 0 saturated carbocycles. The molecular formula is C7H6BrN3O2S3. The van der Waals surface area contributed by atoms with Gasteiger partial charge in [-0.2, -0.15) is 4.37 Å². The average Bonchev–Trinajstić information content (AvgIpc) is 2.75. The molecule has 0 aliphatic rings. The van der Waals surface area contributed by atoms with Gasteiger partial charge in [-0.05, 0) is 35.0 Å². The van der Waals surface area contributed by atoms with Gasteiger partial charge in [0.05, 0.1) is 3.79 Å². The molecular weight excluding hydrogens is 334 g/mol. The van der Waals surface area contributed by atoms with Crippen LogP contribution in [0.2, 0.25) is 0 Å². The van der Waals surface area contributed by atoms with Crippen LogP contribution in [0.1, 0.15) is 5.82 Å². The molecule has 1 N–H and O–H groups in total. The summed E-state index contributed by atoms with van der Waals surface area (Å²) in [4.78, 5) is 3.94. The Hall–Kier alpha value is -0.510. The Labute approximate surface area is 109 Å². The lowest BCUT2D eigenvalue weighted by Gasteiger charge is -2.00. The summed E-state index contributed by atoms with van der Waals surface area (Å²) in [6.07, 6.45) is 0. The fraction of sp³-hybridized carbons (Fsp3) is 0.143. The lowest BCUT2D eigenvalue weighted by atomic mass is 10.7. The number of anilines is 1. The van der Waals surface area contributed by atoms with Crippen molar-refractivity contribution in [2.75, 3.05) is 4.72 Å². The van der Waals surface area contributed by atoms with E-state index in [1.54, 1.807) is 13.0 Å². The van der Waals surface area contributed by atoms with E-state index >= 15 is 0 Å². The Bertz CT molecular complexity index is 604. The van der Waals surface area contributed by atoms with Crippen LogP contribution in [-0.2, 0) is 10.0 Å². The number of thiophene rings is 1. The van der Waals surface area contributed by atoms with Crippen LogP contribution in [0.15, 0.2) is 20.1 Å². The Morgan fingerprint density at radius 1 is 1.44 bits per heavy atom. The smallest absolute Gasteiger partial charge is 0.253 e. The summed E-state index contributed by atoms with van der Waals surface area (Å²) in [5.41, 5.74) is 0. The summed E-state index contributed by atoms with van der Waals surface area (Å²) >= 11 is 5.38. The quantitative estimate of drug-likeness (QED) is 0.932. The summed E-state index contributed by atoms with van der Waals surface area (Å²) in [6, 6.07) is 3.22. The van der Waals surface area contributed by atoms with Crippen molar-refractivity contribution in [1.29, 1.82) is 0 Å². The minimum atomic E-state index is -3.53. The number of nitrogens with one attached hydrogen (secondary N) is 1. The molecule has 9 heteroatoms. The molecule has 0 saturated heterocycles. The van der Waals surface area contributed by atoms with Crippen molar-refractivity contribution >= 4 is 54.0 Å². The lowest BCUT2D eigenvalue weighted by molar-refractivity contribution is 0.603. The maximum Gasteiger partial charge on any atom is 0.273 e. The van der Waals surface area contributed by atoms with Crippen LogP contribution in [0, 0.1) is 6.92 Å². The maximum absolute atomic E-state index is 11.8. The highest BCUT2D eigenvalue weighted by Gasteiger charge is 2.18. The molecule has 2 heterocycles.